The number of halogens is 1. The molecular formula is C23H27FN2O4. The fraction of sp³-hybridized carbons (Fsp3) is 0.391. The van der Waals surface area contributed by atoms with E-state index in [0.29, 0.717) is 36.7 Å². The quantitative estimate of drug-likeness (QED) is 0.652. The summed E-state index contributed by atoms with van der Waals surface area (Å²) in [6.45, 7) is 5.96. The molecule has 1 aliphatic heterocycles. The molecule has 1 amide bonds. The maximum absolute atomic E-state index is 13.1. The smallest absolute Gasteiger partial charge is 0.260 e. The zero-order valence-corrected chi connectivity index (χ0v) is 17.5. The normalized spacial score (nSPS) is 19.4. The van der Waals surface area contributed by atoms with Gasteiger partial charge < -0.3 is 14.4 Å². The SMILES string of the molecule is COc1ccc(C=O)cc1OCC(=O)N1C[C@H](C)N(Cc2ccc(F)cc2)C[C@H]1C. The van der Waals surface area contributed by atoms with Gasteiger partial charge in [0.25, 0.3) is 5.91 Å². The molecule has 2 atom stereocenters. The number of piperazine rings is 1. The molecule has 6 nitrogen and oxygen atoms in total. The van der Waals surface area contributed by atoms with E-state index in [9.17, 15) is 14.0 Å². The lowest BCUT2D eigenvalue weighted by Gasteiger charge is -2.44. The first-order chi connectivity index (χ1) is 14.4. The third-order valence-electron chi connectivity index (χ3n) is 5.41. The van der Waals surface area contributed by atoms with E-state index in [1.54, 1.807) is 30.3 Å². The Kier molecular flexibility index (Phi) is 7.05. The van der Waals surface area contributed by atoms with Crippen molar-refractivity contribution in [3.63, 3.8) is 0 Å². The van der Waals surface area contributed by atoms with Crippen molar-refractivity contribution in [1.82, 2.24) is 9.80 Å². The standard InChI is InChI=1S/C23H27FN2O4/c1-16-12-26(17(2)11-25(16)13-18-4-7-20(24)8-5-18)23(28)15-30-22-10-19(14-27)6-9-21(22)29-3/h4-10,14,16-17H,11-13,15H2,1-3H3/t16-,17+/m0/s1. The van der Waals surface area contributed by atoms with Gasteiger partial charge in [-0.25, -0.2) is 4.39 Å². The van der Waals surface area contributed by atoms with Crippen molar-refractivity contribution in [2.45, 2.75) is 32.5 Å². The first kappa shape index (κ1) is 21.8. The van der Waals surface area contributed by atoms with Crippen molar-refractivity contribution in [3.05, 3.63) is 59.4 Å². The fourth-order valence-corrected chi connectivity index (χ4v) is 3.69. The van der Waals surface area contributed by atoms with Crippen molar-refractivity contribution in [2.75, 3.05) is 26.8 Å². The molecule has 0 saturated carbocycles. The average Bonchev–Trinajstić information content (AvgIpc) is 2.75. The van der Waals surface area contributed by atoms with Crippen LogP contribution >= 0.6 is 0 Å². The minimum atomic E-state index is -0.245. The molecule has 7 heteroatoms. The number of ether oxygens (including phenoxy) is 2. The lowest BCUT2D eigenvalue weighted by atomic mass is 10.1. The van der Waals surface area contributed by atoms with Gasteiger partial charge in [-0.3, -0.25) is 14.5 Å². The first-order valence-electron chi connectivity index (χ1n) is 9.95. The van der Waals surface area contributed by atoms with Crippen LogP contribution in [-0.4, -0.2) is 60.9 Å². The van der Waals surface area contributed by atoms with Crippen LogP contribution in [0, 0.1) is 5.82 Å². The van der Waals surface area contributed by atoms with Gasteiger partial charge in [0.2, 0.25) is 0 Å². The Balaban J connectivity index is 1.60. The summed E-state index contributed by atoms with van der Waals surface area (Å²) in [6.07, 6.45) is 0.720. The number of rotatable bonds is 7. The Hall–Kier alpha value is -2.93. The van der Waals surface area contributed by atoms with Gasteiger partial charge in [0.1, 0.15) is 12.1 Å². The summed E-state index contributed by atoms with van der Waals surface area (Å²) < 4.78 is 24.1. The summed E-state index contributed by atoms with van der Waals surface area (Å²) in [6, 6.07) is 11.5. The van der Waals surface area contributed by atoms with Crippen LogP contribution in [0.2, 0.25) is 0 Å². The third kappa shape index (κ3) is 5.16. The number of carbonyl (C=O) groups excluding carboxylic acids is 2. The minimum absolute atomic E-state index is 0.0148. The molecule has 1 heterocycles. The number of methoxy groups -OCH3 is 1. The zero-order valence-electron chi connectivity index (χ0n) is 17.5. The largest absolute Gasteiger partial charge is 0.493 e. The van der Waals surface area contributed by atoms with Gasteiger partial charge in [-0.05, 0) is 49.7 Å². The Morgan fingerprint density at radius 2 is 1.83 bits per heavy atom. The van der Waals surface area contributed by atoms with Gasteiger partial charge in [0.15, 0.2) is 18.1 Å². The van der Waals surface area contributed by atoms with Crippen LogP contribution in [-0.2, 0) is 11.3 Å². The Labute approximate surface area is 176 Å². The summed E-state index contributed by atoms with van der Waals surface area (Å²) in [5.74, 6) is 0.477. The third-order valence-corrected chi connectivity index (χ3v) is 5.41. The van der Waals surface area contributed by atoms with Gasteiger partial charge >= 0.3 is 0 Å². The van der Waals surface area contributed by atoms with Crippen molar-refractivity contribution in [2.24, 2.45) is 0 Å². The number of carbonyl (C=O) groups is 2. The minimum Gasteiger partial charge on any atom is -0.493 e. The summed E-state index contributed by atoms with van der Waals surface area (Å²) in [7, 11) is 1.51. The summed E-state index contributed by atoms with van der Waals surface area (Å²) in [5.41, 5.74) is 1.50. The molecule has 0 aliphatic carbocycles. The monoisotopic (exact) mass is 414 g/mol. The van der Waals surface area contributed by atoms with E-state index in [0.717, 1.165) is 11.8 Å². The van der Waals surface area contributed by atoms with Gasteiger partial charge in [-0.2, -0.15) is 0 Å². The molecule has 1 fully saturated rings. The lowest BCUT2D eigenvalue weighted by Crippen LogP contribution is -2.58. The second kappa shape index (κ2) is 9.71. The number of hydrogen-bond donors (Lipinski definition) is 0. The van der Waals surface area contributed by atoms with Crippen LogP contribution in [0.15, 0.2) is 42.5 Å². The predicted octanol–water partition coefficient (Wildman–Crippen LogP) is 3.15. The number of amides is 1. The second-order valence-corrected chi connectivity index (χ2v) is 7.62. The van der Waals surface area contributed by atoms with E-state index >= 15 is 0 Å². The lowest BCUT2D eigenvalue weighted by molar-refractivity contribution is -0.139. The molecule has 160 valence electrons. The van der Waals surface area contributed by atoms with Crippen LogP contribution in [0.1, 0.15) is 29.8 Å². The second-order valence-electron chi connectivity index (χ2n) is 7.62. The number of aldehydes is 1. The summed E-state index contributed by atoms with van der Waals surface area (Å²) in [5, 5.41) is 0. The number of hydrogen-bond acceptors (Lipinski definition) is 5. The van der Waals surface area contributed by atoms with E-state index in [4.69, 9.17) is 9.47 Å². The molecule has 0 N–H and O–H groups in total. The average molecular weight is 414 g/mol. The molecular weight excluding hydrogens is 387 g/mol. The van der Waals surface area contributed by atoms with Crippen molar-refractivity contribution in [3.8, 4) is 11.5 Å². The maximum Gasteiger partial charge on any atom is 0.260 e. The van der Waals surface area contributed by atoms with Crippen LogP contribution in [0.5, 0.6) is 11.5 Å². The Bertz CT molecular complexity index is 887. The molecule has 2 aromatic carbocycles. The molecule has 0 aromatic heterocycles. The van der Waals surface area contributed by atoms with E-state index < -0.39 is 0 Å². The van der Waals surface area contributed by atoms with E-state index in [2.05, 4.69) is 11.8 Å². The van der Waals surface area contributed by atoms with Gasteiger partial charge in [0.05, 0.1) is 7.11 Å². The molecule has 0 bridgehead atoms. The molecule has 1 aliphatic rings. The highest BCUT2D eigenvalue weighted by Gasteiger charge is 2.32. The molecule has 0 unspecified atom stereocenters. The molecule has 2 aromatic rings. The van der Waals surface area contributed by atoms with Crippen LogP contribution in [0.25, 0.3) is 0 Å². The number of nitrogens with zero attached hydrogens (tertiary/aromatic N) is 2. The predicted molar refractivity (Wildman–Crippen MR) is 111 cm³/mol. The van der Waals surface area contributed by atoms with E-state index in [1.807, 2.05) is 11.8 Å². The van der Waals surface area contributed by atoms with Crippen LogP contribution < -0.4 is 9.47 Å². The summed E-state index contributed by atoms with van der Waals surface area (Å²) >= 11 is 0. The number of benzene rings is 2. The maximum atomic E-state index is 13.1. The van der Waals surface area contributed by atoms with E-state index in [1.165, 1.54) is 19.2 Å². The topological polar surface area (TPSA) is 59.1 Å². The molecule has 0 spiro atoms. The Morgan fingerprint density at radius 3 is 2.50 bits per heavy atom. The van der Waals surface area contributed by atoms with Gasteiger partial charge in [0, 0.05) is 37.3 Å². The fourth-order valence-electron chi connectivity index (χ4n) is 3.69. The first-order valence-corrected chi connectivity index (χ1v) is 9.95. The molecule has 1 saturated heterocycles. The van der Waals surface area contributed by atoms with Crippen molar-refractivity contribution >= 4 is 12.2 Å². The molecule has 30 heavy (non-hydrogen) atoms. The summed E-state index contributed by atoms with van der Waals surface area (Å²) in [4.78, 5) is 27.9. The van der Waals surface area contributed by atoms with E-state index in [-0.39, 0.29) is 30.4 Å². The zero-order chi connectivity index (χ0) is 21.7. The van der Waals surface area contributed by atoms with Gasteiger partial charge in [-0.15, -0.1) is 0 Å². The van der Waals surface area contributed by atoms with Crippen molar-refractivity contribution in [1.29, 1.82) is 0 Å². The van der Waals surface area contributed by atoms with Crippen molar-refractivity contribution < 1.29 is 23.5 Å². The highest BCUT2D eigenvalue weighted by molar-refractivity contribution is 5.79. The highest BCUT2D eigenvalue weighted by atomic mass is 19.1. The Morgan fingerprint density at radius 1 is 1.10 bits per heavy atom. The van der Waals surface area contributed by atoms with Crippen LogP contribution in [0.3, 0.4) is 0 Å². The molecule has 3 rings (SSSR count). The van der Waals surface area contributed by atoms with Crippen LogP contribution in [0.4, 0.5) is 4.39 Å². The van der Waals surface area contributed by atoms with Gasteiger partial charge in [-0.1, -0.05) is 12.1 Å². The highest BCUT2D eigenvalue weighted by Crippen LogP contribution is 2.28. The molecule has 0 radical (unpaired) electrons.